The van der Waals surface area contributed by atoms with Crippen molar-refractivity contribution in [2.75, 3.05) is 19.1 Å². The number of hydrogen-bond acceptors (Lipinski definition) is 5. The summed E-state index contributed by atoms with van der Waals surface area (Å²) in [6, 6.07) is 5.58. The number of ether oxygens (including phenoxy) is 2. The van der Waals surface area contributed by atoms with Gasteiger partial charge in [-0.3, -0.25) is 4.79 Å². The zero-order valence-electron chi connectivity index (χ0n) is 16.2. The second-order valence-corrected chi connectivity index (χ2v) is 10.1. The van der Waals surface area contributed by atoms with Gasteiger partial charge in [-0.2, -0.15) is 0 Å². The maximum atomic E-state index is 13.5. The van der Waals surface area contributed by atoms with E-state index in [0.717, 1.165) is 12.0 Å². The third-order valence-electron chi connectivity index (χ3n) is 6.64. The van der Waals surface area contributed by atoms with Crippen LogP contribution in [0.1, 0.15) is 32.3 Å². The van der Waals surface area contributed by atoms with Crippen molar-refractivity contribution in [2.24, 2.45) is 16.7 Å². The highest BCUT2D eigenvalue weighted by Gasteiger charge is 2.67. The third kappa shape index (κ3) is 2.79. The number of carbonyl (C=O) groups excluding carboxylic acids is 1. The number of fused-ring (bicyclic) bond motifs is 3. The molecule has 0 radical (unpaired) electrons. The number of hydrogen-bond donors (Lipinski definition) is 1. The van der Waals surface area contributed by atoms with Crippen LogP contribution < -0.4 is 14.2 Å². The van der Waals surface area contributed by atoms with Gasteiger partial charge in [-0.05, 0) is 47.9 Å². The van der Waals surface area contributed by atoms with E-state index in [0.29, 0.717) is 23.5 Å². The first-order chi connectivity index (χ1) is 13.2. The maximum Gasteiger partial charge on any atom is 0.231 e. The summed E-state index contributed by atoms with van der Waals surface area (Å²) in [7, 11) is -3.59. The highest BCUT2D eigenvalue weighted by Crippen LogP contribution is 2.66. The summed E-state index contributed by atoms with van der Waals surface area (Å²) in [5, 5.41) is 0. The van der Waals surface area contributed by atoms with Gasteiger partial charge in [-0.25, -0.2) is 13.1 Å². The standard InChI is InChI=1S/C21H25NO5S/c1-4-9-22-28(24,25)12-21-8-7-16(20(21,2)3)15(19(21)23)10-14-5-6-17-18(11-14)27-13-26-17/h4-6,10-11,16,22H,1,7-9,12-13H2,2-3H3/b15-10-. The van der Waals surface area contributed by atoms with Crippen LogP contribution in [0.15, 0.2) is 36.4 Å². The van der Waals surface area contributed by atoms with E-state index in [-0.39, 0.29) is 30.8 Å². The normalized spacial score (nSPS) is 28.9. The van der Waals surface area contributed by atoms with Gasteiger partial charge in [0.1, 0.15) is 0 Å². The Balaban J connectivity index is 1.69. The molecule has 2 bridgehead atoms. The summed E-state index contributed by atoms with van der Waals surface area (Å²) in [6.45, 7) is 7.95. The molecule has 0 saturated heterocycles. The topological polar surface area (TPSA) is 81.7 Å². The number of carbonyl (C=O) groups is 1. The summed E-state index contributed by atoms with van der Waals surface area (Å²) in [6.07, 6.45) is 4.80. The molecule has 150 valence electrons. The zero-order valence-corrected chi connectivity index (χ0v) is 17.0. The highest BCUT2D eigenvalue weighted by molar-refractivity contribution is 7.89. The van der Waals surface area contributed by atoms with Gasteiger partial charge in [0, 0.05) is 12.1 Å². The lowest BCUT2D eigenvalue weighted by Crippen LogP contribution is -2.45. The number of allylic oxidation sites excluding steroid dienone is 1. The van der Waals surface area contributed by atoms with Crippen molar-refractivity contribution in [3.05, 3.63) is 42.0 Å². The van der Waals surface area contributed by atoms with Crippen molar-refractivity contribution in [3.8, 4) is 11.5 Å². The largest absolute Gasteiger partial charge is 0.454 e. The lowest BCUT2D eigenvalue weighted by atomic mass is 9.70. The summed E-state index contributed by atoms with van der Waals surface area (Å²) in [5.41, 5.74) is 0.259. The third-order valence-corrected chi connectivity index (χ3v) is 8.12. The minimum Gasteiger partial charge on any atom is -0.454 e. The molecule has 2 fully saturated rings. The Hall–Kier alpha value is -2.12. The molecule has 1 aromatic rings. The van der Waals surface area contributed by atoms with Gasteiger partial charge in [0.15, 0.2) is 17.3 Å². The second kappa shape index (κ2) is 6.46. The molecule has 2 aliphatic carbocycles. The summed E-state index contributed by atoms with van der Waals surface area (Å²) in [5.74, 6) is 1.16. The van der Waals surface area contributed by atoms with Crippen molar-refractivity contribution in [1.82, 2.24) is 4.72 Å². The molecule has 3 aliphatic rings. The number of benzene rings is 1. The molecule has 1 heterocycles. The van der Waals surface area contributed by atoms with Crippen LogP contribution in [0.25, 0.3) is 6.08 Å². The minimum atomic E-state index is -3.59. The molecule has 0 spiro atoms. The fraction of sp³-hybridized carbons (Fsp3) is 0.476. The molecule has 2 unspecified atom stereocenters. The van der Waals surface area contributed by atoms with E-state index in [1.165, 1.54) is 6.08 Å². The molecule has 7 heteroatoms. The molecule has 2 saturated carbocycles. The van der Waals surface area contributed by atoms with Crippen LogP contribution in [-0.4, -0.2) is 33.3 Å². The van der Waals surface area contributed by atoms with E-state index in [1.54, 1.807) is 0 Å². The fourth-order valence-electron chi connectivity index (χ4n) is 5.03. The quantitative estimate of drug-likeness (QED) is 0.583. The van der Waals surface area contributed by atoms with Gasteiger partial charge in [0.2, 0.25) is 16.8 Å². The van der Waals surface area contributed by atoms with Crippen LogP contribution in [0.2, 0.25) is 0 Å². The molecule has 28 heavy (non-hydrogen) atoms. The Morgan fingerprint density at radius 2 is 2.04 bits per heavy atom. The number of Topliss-reactive ketones (excluding diaryl/α,β-unsaturated/α-hetero) is 1. The second-order valence-electron chi connectivity index (χ2n) is 8.33. The van der Waals surface area contributed by atoms with Crippen molar-refractivity contribution in [2.45, 2.75) is 26.7 Å². The summed E-state index contributed by atoms with van der Waals surface area (Å²) >= 11 is 0. The van der Waals surface area contributed by atoms with Crippen LogP contribution in [0.5, 0.6) is 11.5 Å². The Kier molecular flexibility index (Phi) is 4.43. The smallest absolute Gasteiger partial charge is 0.231 e. The number of sulfonamides is 1. The Labute approximate surface area is 165 Å². The molecule has 0 amide bonds. The summed E-state index contributed by atoms with van der Waals surface area (Å²) in [4.78, 5) is 13.5. The zero-order chi connectivity index (χ0) is 20.2. The minimum absolute atomic E-state index is 0.0417. The number of nitrogens with one attached hydrogen (secondary N) is 1. The average molecular weight is 404 g/mol. The molecule has 6 nitrogen and oxygen atoms in total. The first-order valence-corrected chi connectivity index (χ1v) is 11.1. The monoisotopic (exact) mass is 403 g/mol. The van der Waals surface area contributed by atoms with E-state index in [1.807, 2.05) is 38.1 Å². The SMILES string of the molecule is C=CCNS(=O)(=O)CC12CCC(/C(=C/c3ccc4c(c3)OCO4)C1=O)C2(C)C. The Morgan fingerprint density at radius 3 is 2.79 bits per heavy atom. The number of ketones is 1. The van der Waals surface area contributed by atoms with E-state index in [4.69, 9.17) is 9.47 Å². The maximum absolute atomic E-state index is 13.5. The fourth-order valence-corrected chi connectivity index (χ4v) is 6.80. The highest BCUT2D eigenvalue weighted by atomic mass is 32.2. The molecule has 1 aromatic carbocycles. The van der Waals surface area contributed by atoms with Gasteiger partial charge in [0.05, 0.1) is 11.2 Å². The first-order valence-electron chi connectivity index (χ1n) is 9.44. The molecule has 1 aliphatic heterocycles. The lowest BCUT2D eigenvalue weighted by Gasteiger charge is -2.35. The van der Waals surface area contributed by atoms with E-state index in [2.05, 4.69) is 11.3 Å². The van der Waals surface area contributed by atoms with E-state index >= 15 is 0 Å². The first kappa shape index (κ1) is 19.2. The van der Waals surface area contributed by atoms with Crippen LogP contribution in [0.4, 0.5) is 0 Å². The van der Waals surface area contributed by atoms with Gasteiger partial charge >= 0.3 is 0 Å². The lowest BCUT2D eigenvalue weighted by molar-refractivity contribution is -0.125. The van der Waals surface area contributed by atoms with Crippen LogP contribution in [0, 0.1) is 16.7 Å². The molecular weight excluding hydrogens is 378 g/mol. The van der Waals surface area contributed by atoms with Crippen molar-refractivity contribution in [3.63, 3.8) is 0 Å². The van der Waals surface area contributed by atoms with Crippen LogP contribution in [-0.2, 0) is 14.8 Å². The van der Waals surface area contributed by atoms with Crippen molar-refractivity contribution in [1.29, 1.82) is 0 Å². The van der Waals surface area contributed by atoms with Gasteiger partial charge in [-0.15, -0.1) is 6.58 Å². The van der Waals surface area contributed by atoms with Gasteiger partial charge in [-0.1, -0.05) is 26.0 Å². The van der Waals surface area contributed by atoms with E-state index < -0.39 is 20.9 Å². The van der Waals surface area contributed by atoms with Crippen LogP contribution >= 0.6 is 0 Å². The van der Waals surface area contributed by atoms with Crippen molar-refractivity contribution < 1.29 is 22.7 Å². The summed E-state index contributed by atoms with van der Waals surface area (Å²) < 4.78 is 38.5. The predicted octanol–water partition coefficient (Wildman–Crippen LogP) is 2.91. The Morgan fingerprint density at radius 1 is 1.29 bits per heavy atom. The van der Waals surface area contributed by atoms with Crippen molar-refractivity contribution >= 4 is 21.9 Å². The predicted molar refractivity (Wildman–Crippen MR) is 106 cm³/mol. The molecule has 1 N–H and O–H groups in total. The van der Waals surface area contributed by atoms with Crippen LogP contribution in [0.3, 0.4) is 0 Å². The molecule has 2 atom stereocenters. The molecule has 4 rings (SSSR count). The van der Waals surface area contributed by atoms with Gasteiger partial charge in [0.25, 0.3) is 0 Å². The number of rotatable bonds is 6. The van der Waals surface area contributed by atoms with E-state index in [9.17, 15) is 13.2 Å². The Bertz CT molecular complexity index is 979. The molecule has 0 aromatic heterocycles. The molecular formula is C21H25NO5S. The average Bonchev–Trinajstić information content (AvgIpc) is 3.23. The van der Waals surface area contributed by atoms with Gasteiger partial charge < -0.3 is 9.47 Å².